The van der Waals surface area contributed by atoms with E-state index in [1.807, 2.05) is 28.8 Å². The lowest BCUT2D eigenvalue weighted by Crippen LogP contribution is -2.71. The molecule has 4 heterocycles. The zero-order valence-corrected chi connectivity index (χ0v) is 24.1. The molecule has 2 aromatic rings. The van der Waals surface area contributed by atoms with Crippen LogP contribution in [0.1, 0.15) is 90.0 Å². The second-order valence-electron chi connectivity index (χ2n) is 13.5. The number of hydrogen-bond donors (Lipinski definition) is 2. The number of nitrogens with zero attached hydrogens (tertiary/aromatic N) is 4. The first-order valence-corrected chi connectivity index (χ1v) is 15.9. The molecule has 1 amide bonds. The highest BCUT2D eigenvalue weighted by atomic mass is 16.4. The van der Waals surface area contributed by atoms with Crippen LogP contribution in [0.15, 0.2) is 29.1 Å². The fraction of sp³-hybridized carbons (Fsp3) is 0.688. The van der Waals surface area contributed by atoms with Crippen molar-refractivity contribution < 1.29 is 14.7 Å². The predicted octanol–water partition coefficient (Wildman–Crippen LogP) is 4.09. The maximum absolute atomic E-state index is 14.3. The number of aromatic nitrogens is 2. The van der Waals surface area contributed by atoms with Crippen LogP contribution in [0.4, 0.5) is 5.82 Å². The van der Waals surface area contributed by atoms with Gasteiger partial charge in [-0.05, 0) is 68.9 Å². The van der Waals surface area contributed by atoms with Crippen molar-refractivity contribution in [3.63, 3.8) is 0 Å². The summed E-state index contributed by atoms with van der Waals surface area (Å²) in [5.74, 6) is 0.608. The van der Waals surface area contributed by atoms with E-state index in [1.54, 1.807) is 4.90 Å². The van der Waals surface area contributed by atoms with Gasteiger partial charge in [-0.1, -0.05) is 44.2 Å². The van der Waals surface area contributed by atoms with E-state index in [1.165, 1.54) is 71.1 Å². The Kier molecular flexibility index (Phi) is 7.04. The molecule has 2 aliphatic carbocycles. The first-order valence-electron chi connectivity index (χ1n) is 15.9. The number of carbonyl (C=O) groups is 2. The number of fused-ring (bicyclic) bond motifs is 5. The lowest BCUT2D eigenvalue weighted by molar-refractivity contribution is -0.141. The van der Waals surface area contributed by atoms with Crippen molar-refractivity contribution in [2.24, 2.45) is 11.8 Å². The van der Waals surface area contributed by atoms with E-state index in [0.717, 1.165) is 30.2 Å². The average molecular weight is 562 g/mol. The zero-order valence-electron chi connectivity index (χ0n) is 24.1. The van der Waals surface area contributed by atoms with Gasteiger partial charge in [-0.15, -0.1) is 0 Å². The molecule has 4 bridgehead atoms. The zero-order chi connectivity index (χ0) is 28.2. The first-order chi connectivity index (χ1) is 19.9. The maximum Gasteiger partial charge on any atom is 0.328 e. The summed E-state index contributed by atoms with van der Waals surface area (Å²) in [4.78, 5) is 47.3. The average Bonchev–Trinajstić information content (AvgIpc) is 3.08. The summed E-state index contributed by atoms with van der Waals surface area (Å²) in [7, 11) is 0. The summed E-state index contributed by atoms with van der Waals surface area (Å²) in [5.41, 5.74) is 1.32. The highest BCUT2D eigenvalue weighted by Gasteiger charge is 2.48. The Hall–Kier alpha value is -2.94. The number of rotatable bonds is 5. The molecule has 220 valence electrons. The van der Waals surface area contributed by atoms with Crippen molar-refractivity contribution in [3.8, 4) is 0 Å². The summed E-state index contributed by atoms with van der Waals surface area (Å²) < 4.78 is 1.95. The number of nitrogens with one attached hydrogen (secondary N) is 1. The van der Waals surface area contributed by atoms with E-state index >= 15 is 0 Å². The van der Waals surface area contributed by atoms with Crippen molar-refractivity contribution in [2.45, 2.75) is 120 Å². The van der Waals surface area contributed by atoms with Crippen LogP contribution >= 0.6 is 0 Å². The number of aliphatic carboxylic acids is 1. The molecule has 5 fully saturated rings. The quantitative estimate of drug-likeness (QED) is 0.566. The second-order valence-corrected chi connectivity index (χ2v) is 13.5. The third-order valence-electron chi connectivity index (χ3n) is 10.9. The summed E-state index contributed by atoms with van der Waals surface area (Å²) in [6.45, 7) is 1.64. The molecular formula is C32H43N5O4. The fourth-order valence-corrected chi connectivity index (χ4v) is 9.41. The first kappa shape index (κ1) is 26.9. The molecule has 0 radical (unpaired) electrons. The Morgan fingerprint density at radius 1 is 0.878 bits per heavy atom. The van der Waals surface area contributed by atoms with Crippen LogP contribution in [-0.4, -0.2) is 68.2 Å². The minimum Gasteiger partial charge on any atom is -0.480 e. The monoisotopic (exact) mass is 561 g/mol. The second kappa shape index (κ2) is 10.7. The molecule has 3 saturated heterocycles. The molecule has 1 aromatic heterocycles. The number of amides is 1. The number of carboxylic acid groups (broad SMARTS) is 1. The van der Waals surface area contributed by atoms with Gasteiger partial charge in [-0.3, -0.25) is 14.5 Å². The molecule has 7 rings (SSSR count). The topological polar surface area (TPSA) is 108 Å². The molecule has 41 heavy (non-hydrogen) atoms. The highest BCUT2D eigenvalue weighted by Crippen LogP contribution is 2.47. The minimum absolute atomic E-state index is 0.0577. The molecule has 9 heteroatoms. The number of anilines is 1. The number of hydrogen-bond acceptors (Lipinski definition) is 6. The van der Waals surface area contributed by atoms with Gasteiger partial charge in [0.15, 0.2) is 11.9 Å². The van der Waals surface area contributed by atoms with Crippen molar-refractivity contribution in [3.05, 3.63) is 34.6 Å². The van der Waals surface area contributed by atoms with Gasteiger partial charge in [-0.2, -0.15) is 0 Å². The number of benzene rings is 1. The smallest absolute Gasteiger partial charge is 0.328 e. The van der Waals surface area contributed by atoms with Crippen molar-refractivity contribution in [2.75, 3.05) is 11.4 Å². The molecule has 0 spiro atoms. The van der Waals surface area contributed by atoms with Crippen LogP contribution in [0, 0.1) is 11.8 Å². The van der Waals surface area contributed by atoms with Gasteiger partial charge in [0.2, 0.25) is 5.91 Å². The summed E-state index contributed by atoms with van der Waals surface area (Å²) >= 11 is 0. The summed E-state index contributed by atoms with van der Waals surface area (Å²) in [5, 5.41) is 12.7. The van der Waals surface area contributed by atoms with E-state index in [2.05, 4.69) is 10.2 Å². The third kappa shape index (κ3) is 4.84. The number of piperidine rings is 2. The van der Waals surface area contributed by atoms with Crippen molar-refractivity contribution >= 4 is 28.7 Å². The maximum atomic E-state index is 14.3. The Balaban J connectivity index is 1.21. The fourth-order valence-electron chi connectivity index (χ4n) is 9.41. The Morgan fingerprint density at radius 2 is 1.56 bits per heavy atom. The number of carboxylic acids is 1. The number of carbonyl (C=O) groups excluding carboxylic acids is 1. The van der Waals surface area contributed by atoms with Crippen LogP contribution in [0.25, 0.3) is 11.0 Å². The van der Waals surface area contributed by atoms with Gasteiger partial charge in [0.25, 0.3) is 5.56 Å². The van der Waals surface area contributed by atoms with Gasteiger partial charge in [-0.25, -0.2) is 9.78 Å². The van der Waals surface area contributed by atoms with E-state index in [9.17, 15) is 19.5 Å². The molecule has 3 aliphatic heterocycles. The van der Waals surface area contributed by atoms with Crippen LogP contribution in [0.3, 0.4) is 0 Å². The predicted molar refractivity (Wildman–Crippen MR) is 157 cm³/mol. The van der Waals surface area contributed by atoms with Gasteiger partial charge >= 0.3 is 5.97 Å². The van der Waals surface area contributed by atoms with E-state index in [-0.39, 0.29) is 29.9 Å². The van der Waals surface area contributed by atoms with Gasteiger partial charge < -0.3 is 19.9 Å². The third-order valence-corrected chi connectivity index (χ3v) is 10.9. The lowest BCUT2D eigenvalue weighted by Gasteiger charge is -2.54. The molecule has 0 unspecified atom stereocenters. The summed E-state index contributed by atoms with van der Waals surface area (Å²) in [6, 6.07) is 7.91. The van der Waals surface area contributed by atoms with E-state index in [0.29, 0.717) is 23.6 Å². The van der Waals surface area contributed by atoms with Crippen molar-refractivity contribution in [1.29, 1.82) is 0 Å². The Bertz CT molecular complexity index is 1360. The molecule has 2 N–H and O–H groups in total. The van der Waals surface area contributed by atoms with Gasteiger partial charge in [0.1, 0.15) is 0 Å². The summed E-state index contributed by atoms with van der Waals surface area (Å²) in [6.07, 6.45) is 15.3. The van der Waals surface area contributed by atoms with E-state index in [4.69, 9.17) is 4.98 Å². The van der Waals surface area contributed by atoms with Crippen LogP contribution in [-0.2, 0) is 9.59 Å². The molecule has 1 aromatic carbocycles. The molecule has 9 nitrogen and oxygen atoms in total. The molecule has 2 saturated carbocycles. The SMILES string of the molecule is CC(=O)N[C@@H]1CN(c2nc3ccccc3n([C@H]3C[C@H]4CCC[C@@H](C3)N4[C@@H]3C[C@@H]4CCCC[C@@H](C4)C3)c2=O)[C@@H]1C(=O)O. The largest absolute Gasteiger partial charge is 0.480 e. The molecule has 5 aliphatic rings. The normalized spacial score (nSPS) is 35.4. The number of para-hydroxylation sites is 2. The van der Waals surface area contributed by atoms with Crippen LogP contribution in [0.2, 0.25) is 0 Å². The Morgan fingerprint density at radius 3 is 2.22 bits per heavy atom. The van der Waals surface area contributed by atoms with Gasteiger partial charge in [0, 0.05) is 37.6 Å². The highest BCUT2D eigenvalue weighted by molar-refractivity contribution is 5.85. The van der Waals surface area contributed by atoms with Crippen LogP contribution in [0.5, 0.6) is 0 Å². The molecular weight excluding hydrogens is 518 g/mol. The van der Waals surface area contributed by atoms with Crippen molar-refractivity contribution in [1.82, 2.24) is 19.8 Å². The standard InChI is InChI=1S/C32H43N5O4/c1-19(38)33-27-18-35(29(27)32(40)41)30-31(39)37(28-12-5-4-11-26(28)34-30)25-16-22-9-6-10-23(17-25)36(22)24-14-20-7-2-3-8-21(13-20)15-24/h4-5,11-12,20-25,27,29H,2-3,6-10,13-18H2,1H3,(H,33,38)(H,40,41)/t20-,21+,22-,23+,24-,25+,27-,29+/m1/s1. The lowest BCUT2D eigenvalue weighted by atomic mass is 9.73. The minimum atomic E-state index is -1.06. The van der Waals surface area contributed by atoms with Gasteiger partial charge in [0.05, 0.1) is 17.1 Å². The van der Waals surface area contributed by atoms with Crippen LogP contribution < -0.4 is 15.8 Å². The molecule has 8 atom stereocenters. The van der Waals surface area contributed by atoms with E-state index < -0.39 is 18.1 Å². The Labute approximate surface area is 241 Å².